The Bertz CT molecular complexity index is 770. The molecule has 1 aromatic rings. The van der Waals surface area contributed by atoms with Gasteiger partial charge in [-0.3, -0.25) is 4.79 Å². The summed E-state index contributed by atoms with van der Waals surface area (Å²) in [5, 5.41) is 8.77. The molecule has 140 valence electrons. The van der Waals surface area contributed by atoms with Crippen molar-refractivity contribution in [1.29, 1.82) is 5.26 Å². The molecule has 1 fully saturated rings. The first kappa shape index (κ1) is 19.6. The van der Waals surface area contributed by atoms with Gasteiger partial charge in [0, 0.05) is 0 Å². The Hall–Kier alpha value is -2.77. The SMILES string of the molecule is N#Cc1ccc(N2C(=O)N(CCF)C(CF)(CF)C2=O)cc1C(F)(F)F. The van der Waals surface area contributed by atoms with Crippen LogP contribution in [0.4, 0.5) is 36.8 Å². The summed E-state index contributed by atoms with van der Waals surface area (Å²) in [5.74, 6) is -1.45. The van der Waals surface area contributed by atoms with Crippen LogP contribution in [0.3, 0.4) is 0 Å². The van der Waals surface area contributed by atoms with Gasteiger partial charge in [-0.05, 0) is 18.2 Å². The van der Waals surface area contributed by atoms with Gasteiger partial charge in [0.2, 0.25) is 0 Å². The van der Waals surface area contributed by atoms with E-state index in [1.807, 2.05) is 0 Å². The summed E-state index contributed by atoms with van der Waals surface area (Å²) in [7, 11) is 0. The molecular formula is C15H11F6N3O2. The number of carbonyl (C=O) groups excluding carboxylic acids is 2. The molecule has 0 saturated carbocycles. The highest BCUT2D eigenvalue weighted by molar-refractivity contribution is 6.23. The van der Waals surface area contributed by atoms with Crippen LogP contribution >= 0.6 is 0 Å². The molecule has 1 aliphatic rings. The summed E-state index contributed by atoms with van der Waals surface area (Å²) in [5.41, 5.74) is -5.44. The smallest absolute Gasteiger partial charge is 0.302 e. The highest BCUT2D eigenvalue weighted by atomic mass is 19.4. The van der Waals surface area contributed by atoms with Gasteiger partial charge in [-0.2, -0.15) is 18.4 Å². The Kier molecular flexibility index (Phi) is 5.16. The Morgan fingerprint density at radius 2 is 1.73 bits per heavy atom. The molecule has 1 aliphatic heterocycles. The van der Waals surface area contributed by atoms with E-state index in [-0.39, 0.29) is 4.90 Å². The van der Waals surface area contributed by atoms with E-state index in [0.29, 0.717) is 11.0 Å². The highest BCUT2D eigenvalue weighted by Gasteiger charge is 2.58. The Morgan fingerprint density at radius 1 is 1.12 bits per heavy atom. The minimum atomic E-state index is -4.97. The van der Waals surface area contributed by atoms with E-state index in [1.54, 1.807) is 0 Å². The number of rotatable bonds is 5. The Balaban J connectivity index is 2.60. The van der Waals surface area contributed by atoms with Crippen LogP contribution in [0.5, 0.6) is 0 Å². The first-order valence-electron chi connectivity index (χ1n) is 7.13. The van der Waals surface area contributed by atoms with Crippen molar-refractivity contribution in [2.45, 2.75) is 11.7 Å². The predicted octanol–water partition coefficient (Wildman–Crippen LogP) is 2.99. The second-order valence-corrected chi connectivity index (χ2v) is 5.40. The number of amides is 3. The number of anilines is 1. The summed E-state index contributed by atoms with van der Waals surface area (Å²) in [6.07, 6.45) is -4.97. The molecule has 5 nitrogen and oxygen atoms in total. The van der Waals surface area contributed by atoms with Gasteiger partial charge in [-0.1, -0.05) is 0 Å². The van der Waals surface area contributed by atoms with Gasteiger partial charge in [-0.25, -0.2) is 22.9 Å². The minimum absolute atomic E-state index is 0.158. The van der Waals surface area contributed by atoms with E-state index < -0.39 is 67.0 Å². The standard InChI is InChI=1S/C15H11F6N3O2/c16-3-4-23-13(26)24(12(25)14(23,7-17)8-18)10-2-1-9(6-22)11(5-10)15(19,20)21/h1-2,5H,3-4,7-8H2. The van der Waals surface area contributed by atoms with Crippen molar-refractivity contribution in [3.63, 3.8) is 0 Å². The zero-order valence-corrected chi connectivity index (χ0v) is 13.0. The predicted molar refractivity (Wildman–Crippen MR) is 76.4 cm³/mol. The second kappa shape index (κ2) is 6.86. The van der Waals surface area contributed by atoms with E-state index >= 15 is 0 Å². The largest absolute Gasteiger partial charge is 0.417 e. The van der Waals surface area contributed by atoms with Gasteiger partial charge in [0.05, 0.1) is 29.4 Å². The van der Waals surface area contributed by atoms with Gasteiger partial charge in [0.15, 0.2) is 5.54 Å². The maximum absolute atomic E-state index is 13.4. The van der Waals surface area contributed by atoms with Gasteiger partial charge in [-0.15, -0.1) is 0 Å². The van der Waals surface area contributed by atoms with Crippen molar-refractivity contribution in [3.8, 4) is 6.07 Å². The molecular weight excluding hydrogens is 368 g/mol. The van der Waals surface area contributed by atoms with Crippen molar-refractivity contribution in [3.05, 3.63) is 29.3 Å². The highest BCUT2D eigenvalue weighted by Crippen LogP contribution is 2.38. The fourth-order valence-corrected chi connectivity index (χ4v) is 2.63. The number of carbonyl (C=O) groups is 2. The lowest BCUT2D eigenvalue weighted by Crippen LogP contribution is -2.54. The fraction of sp³-hybridized carbons (Fsp3) is 0.400. The maximum Gasteiger partial charge on any atom is 0.417 e. The van der Waals surface area contributed by atoms with Crippen LogP contribution < -0.4 is 4.90 Å². The number of imide groups is 1. The molecule has 0 radical (unpaired) electrons. The number of hydrogen-bond donors (Lipinski definition) is 0. The average molecular weight is 379 g/mol. The average Bonchev–Trinajstić information content (AvgIpc) is 2.81. The second-order valence-electron chi connectivity index (χ2n) is 5.40. The summed E-state index contributed by atoms with van der Waals surface area (Å²) < 4.78 is 78.6. The molecule has 11 heteroatoms. The van der Waals surface area contributed by atoms with Crippen LogP contribution in [0, 0.1) is 11.3 Å². The first-order valence-corrected chi connectivity index (χ1v) is 7.13. The molecule has 0 N–H and O–H groups in total. The van der Waals surface area contributed by atoms with Crippen LogP contribution in [0.25, 0.3) is 0 Å². The Labute approximate surface area is 143 Å². The maximum atomic E-state index is 13.4. The molecule has 0 spiro atoms. The normalized spacial score (nSPS) is 17.0. The zero-order valence-electron chi connectivity index (χ0n) is 13.0. The van der Waals surface area contributed by atoms with Gasteiger partial charge in [0.25, 0.3) is 5.91 Å². The number of nitrogens with zero attached hydrogens (tertiary/aromatic N) is 3. The first-order chi connectivity index (χ1) is 12.2. The third-order valence-corrected chi connectivity index (χ3v) is 3.98. The molecule has 0 aliphatic carbocycles. The molecule has 1 aromatic carbocycles. The summed E-state index contributed by atoms with van der Waals surface area (Å²) in [4.78, 5) is 25.2. The number of alkyl halides is 6. The molecule has 1 heterocycles. The Morgan fingerprint density at radius 3 is 2.19 bits per heavy atom. The number of urea groups is 1. The minimum Gasteiger partial charge on any atom is -0.302 e. The molecule has 3 amide bonds. The third-order valence-electron chi connectivity index (χ3n) is 3.98. The van der Waals surface area contributed by atoms with E-state index in [1.165, 1.54) is 6.07 Å². The fourth-order valence-electron chi connectivity index (χ4n) is 2.63. The molecule has 0 unspecified atom stereocenters. The zero-order chi connectivity index (χ0) is 19.7. The van der Waals surface area contributed by atoms with E-state index in [2.05, 4.69) is 0 Å². The van der Waals surface area contributed by atoms with Crippen molar-refractivity contribution in [2.75, 3.05) is 31.5 Å². The quantitative estimate of drug-likeness (QED) is 0.584. The molecule has 1 saturated heterocycles. The molecule has 0 bridgehead atoms. The van der Waals surface area contributed by atoms with E-state index in [0.717, 1.165) is 12.1 Å². The molecule has 26 heavy (non-hydrogen) atoms. The van der Waals surface area contributed by atoms with Crippen LogP contribution in [0.2, 0.25) is 0 Å². The number of nitriles is 1. The van der Waals surface area contributed by atoms with Crippen LogP contribution in [0.1, 0.15) is 11.1 Å². The lowest BCUT2D eigenvalue weighted by atomic mass is 10.0. The van der Waals surface area contributed by atoms with Gasteiger partial charge in [0.1, 0.15) is 20.0 Å². The molecule has 0 aromatic heterocycles. The van der Waals surface area contributed by atoms with Crippen LogP contribution in [-0.4, -0.2) is 48.9 Å². The van der Waals surface area contributed by atoms with Gasteiger partial charge < -0.3 is 4.90 Å². The topological polar surface area (TPSA) is 64.4 Å². The lowest BCUT2D eigenvalue weighted by Gasteiger charge is -2.28. The summed E-state index contributed by atoms with van der Waals surface area (Å²) in [6, 6.07) is 1.92. The lowest BCUT2D eigenvalue weighted by molar-refractivity contribution is -0.137. The summed E-state index contributed by atoms with van der Waals surface area (Å²) in [6.45, 7) is -5.37. The van der Waals surface area contributed by atoms with E-state index in [9.17, 15) is 35.9 Å². The van der Waals surface area contributed by atoms with Crippen molar-refractivity contribution < 1.29 is 35.9 Å². The van der Waals surface area contributed by atoms with Crippen molar-refractivity contribution >= 4 is 17.6 Å². The monoisotopic (exact) mass is 379 g/mol. The van der Waals surface area contributed by atoms with Crippen LogP contribution in [0.15, 0.2) is 18.2 Å². The molecule has 2 rings (SSSR count). The van der Waals surface area contributed by atoms with Crippen LogP contribution in [-0.2, 0) is 11.0 Å². The van der Waals surface area contributed by atoms with Gasteiger partial charge >= 0.3 is 12.2 Å². The third kappa shape index (κ3) is 2.85. The summed E-state index contributed by atoms with van der Waals surface area (Å²) >= 11 is 0. The van der Waals surface area contributed by atoms with E-state index in [4.69, 9.17) is 5.26 Å². The number of hydrogen-bond acceptors (Lipinski definition) is 3. The molecule has 0 atom stereocenters. The number of halogens is 6. The number of benzene rings is 1. The van der Waals surface area contributed by atoms with Crippen molar-refractivity contribution in [2.24, 2.45) is 0 Å². The van der Waals surface area contributed by atoms with Crippen molar-refractivity contribution in [1.82, 2.24) is 4.90 Å².